The molecule has 68 heavy (non-hydrogen) atoms. The monoisotopic (exact) mass is 973 g/mol. The Balaban J connectivity index is 4.82. The number of aliphatic hydroxyl groups excluding tert-OH is 1. The SMILES string of the molecule is CC/C=C\C/C=C\C/C=C\C/C=C\CCC(=O)OC(CO)COP(=O)(O)OCC(COC(=O)CCCCCCC/C=C\CCCC)OC(=O)CCCCCCCCC/C=C\C/C=C\C/C=C\CC. The largest absolute Gasteiger partial charge is 0.472 e. The molecule has 2 N–H and O–H groups in total. The molecule has 0 spiro atoms. The average molecular weight is 973 g/mol. The maximum Gasteiger partial charge on any atom is 0.472 e. The number of phosphoric ester groups is 1. The van der Waals surface area contributed by atoms with Crippen LogP contribution in [0, 0.1) is 0 Å². The first-order valence-corrected chi connectivity index (χ1v) is 27.6. The average Bonchev–Trinajstić information content (AvgIpc) is 3.32. The first kappa shape index (κ1) is 64.4. The quantitative estimate of drug-likeness (QED) is 0.0197. The molecule has 0 amide bonds. The Bertz CT molecular complexity index is 1510. The maximum atomic E-state index is 12.8. The van der Waals surface area contributed by atoms with Crippen LogP contribution >= 0.6 is 7.82 Å². The van der Waals surface area contributed by atoms with Crippen LogP contribution in [0.2, 0.25) is 0 Å². The third-order valence-corrected chi connectivity index (χ3v) is 11.4. The minimum atomic E-state index is -4.77. The third-order valence-electron chi connectivity index (χ3n) is 10.5. The Morgan fingerprint density at radius 2 is 0.794 bits per heavy atom. The van der Waals surface area contributed by atoms with Crippen molar-refractivity contribution in [2.75, 3.05) is 26.4 Å². The molecule has 0 rings (SSSR count). The Labute approximate surface area is 412 Å². The minimum Gasteiger partial charge on any atom is -0.462 e. The van der Waals surface area contributed by atoms with E-state index in [2.05, 4.69) is 99.8 Å². The van der Waals surface area contributed by atoms with Crippen molar-refractivity contribution in [2.24, 2.45) is 0 Å². The number of allylic oxidation sites excluding steroid dienone is 16. The molecule has 3 unspecified atom stereocenters. The summed E-state index contributed by atoms with van der Waals surface area (Å²) in [5.41, 5.74) is 0. The van der Waals surface area contributed by atoms with E-state index in [1.165, 1.54) is 19.3 Å². The van der Waals surface area contributed by atoms with Crippen molar-refractivity contribution in [1.29, 1.82) is 0 Å². The summed E-state index contributed by atoms with van der Waals surface area (Å²) in [6, 6.07) is 0. The molecule has 0 aromatic carbocycles. The summed E-state index contributed by atoms with van der Waals surface area (Å²) in [5.74, 6) is -1.58. The van der Waals surface area contributed by atoms with Crippen molar-refractivity contribution in [2.45, 2.75) is 213 Å². The fraction of sp³-hybridized carbons (Fsp3) is 0.661. The highest BCUT2D eigenvalue weighted by atomic mass is 31.2. The summed E-state index contributed by atoms with van der Waals surface area (Å²) in [5, 5.41) is 9.76. The first-order chi connectivity index (χ1) is 33.2. The number of esters is 3. The van der Waals surface area contributed by atoms with Crippen molar-refractivity contribution >= 4 is 25.7 Å². The van der Waals surface area contributed by atoms with Gasteiger partial charge in [0, 0.05) is 19.3 Å². The summed E-state index contributed by atoms with van der Waals surface area (Å²) < 4.78 is 39.2. The summed E-state index contributed by atoms with van der Waals surface area (Å²) in [6.45, 7) is 4.25. The minimum absolute atomic E-state index is 0.0511. The van der Waals surface area contributed by atoms with Crippen LogP contribution in [0.1, 0.15) is 201 Å². The molecule has 0 saturated carbocycles. The van der Waals surface area contributed by atoms with Crippen LogP contribution in [-0.4, -0.2) is 66.5 Å². The molecule has 0 aliphatic carbocycles. The van der Waals surface area contributed by atoms with Gasteiger partial charge in [-0.3, -0.25) is 23.4 Å². The highest BCUT2D eigenvalue weighted by Gasteiger charge is 2.28. The smallest absolute Gasteiger partial charge is 0.462 e. The van der Waals surface area contributed by atoms with Crippen LogP contribution < -0.4 is 0 Å². The molecule has 0 heterocycles. The fourth-order valence-corrected chi connectivity index (χ4v) is 7.32. The molecule has 0 aromatic rings. The van der Waals surface area contributed by atoms with E-state index in [0.29, 0.717) is 19.3 Å². The summed E-state index contributed by atoms with van der Waals surface area (Å²) >= 11 is 0. The normalized spacial score (nSPS) is 14.2. The molecule has 0 saturated heterocycles. The number of carbonyl (C=O) groups is 3. The maximum absolute atomic E-state index is 12.8. The second kappa shape index (κ2) is 49.8. The van der Waals surface area contributed by atoms with Crippen LogP contribution in [0.3, 0.4) is 0 Å². The van der Waals surface area contributed by atoms with Gasteiger partial charge < -0.3 is 24.2 Å². The molecule has 388 valence electrons. The second-order valence-corrected chi connectivity index (χ2v) is 18.4. The molecule has 11 nitrogen and oxygen atoms in total. The van der Waals surface area contributed by atoms with E-state index < -0.39 is 57.8 Å². The zero-order valence-electron chi connectivity index (χ0n) is 42.5. The number of ether oxygens (including phenoxy) is 3. The van der Waals surface area contributed by atoms with Crippen molar-refractivity contribution in [3.05, 3.63) is 97.2 Å². The molecule has 0 aromatic heterocycles. The topological polar surface area (TPSA) is 155 Å². The van der Waals surface area contributed by atoms with Gasteiger partial charge in [-0.05, 0) is 96.3 Å². The zero-order chi connectivity index (χ0) is 49.9. The van der Waals surface area contributed by atoms with Gasteiger partial charge in [-0.15, -0.1) is 0 Å². The fourth-order valence-electron chi connectivity index (χ4n) is 6.54. The highest BCUT2D eigenvalue weighted by Crippen LogP contribution is 2.43. The molecule has 12 heteroatoms. The molecular weight excluding hydrogens is 880 g/mol. The summed E-state index contributed by atoms with van der Waals surface area (Å²) in [7, 11) is -4.77. The predicted molar refractivity (Wildman–Crippen MR) is 279 cm³/mol. The van der Waals surface area contributed by atoms with Gasteiger partial charge in [0.15, 0.2) is 6.10 Å². The van der Waals surface area contributed by atoms with E-state index >= 15 is 0 Å². The Morgan fingerprint density at radius 1 is 0.426 bits per heavy atom. The van der Waals surface area contributed by atoms with Gasteiger partial charge in [0.2, 0.25) is 0 Å². The van der Waals surface area contributed by atoms with Crippen LogP contribution in [0.4, 0.5) is 0 Å². The van der Waals surface area contributed by atoms with Crippen molar-refractivity contribution in [3.63, 3.8) is 0 Å². The van der Waals surface area contributed by atoms with Crippen LogP contribution in [0.5, 0.6) is 0 Å². The van der Waals surface area contributed by atoms with E-state index in [9.17, 15) is 28.9 Å². The Kier molecular flexibility index (Phi) is 47.2. The number of unbranched alkanes of at least 4 members (excludes halogenated alkanes) is 14. The van der Waals surface area contributed by atoms with Gasteiger partial charge in [0.1, 0.15) is 12.7 Å². The molecule has 0 fully saturated rings. The molecule has 0 bridgehead atoms. The van der Waals surface area contributed by atoms with Gasteiger partial charge in [0.05, 0.1) is 19.8 Å². The number of hydrogen-bond donors (Lipinski definition) is 2. The van der Waals surface area contributed by atoms with Crippen molar-refractivity contribution in [1.82, 2.24) is 0 Å². The number of phosphoric acid groups is 1. The van der Waals surface area contributed by atoms with Gasteiger partial charge in [-0.25, -0.2) is 4.57 Å². The Morgan fingerprint density at radius 3 is 1.28 bits per heavy atom. The third kappa shape index (κ3) is 47.5. The molecule has 0 aliphatic heterocycles. The van der Waals surface area contributed by atoms with Gasteiger partial charge in [-0.2, -0.15) is 0 Å². The predicted octanol–water partition coefficient (Wildman–Crippen LogP) is 14.9. The molecule has 3 atom stereocenters. The van der Waals surface area contributed by atoms with Crippen molar-refractivity contribution in [3.8, 4) is 0 Å². The number of aliphatic hydroxyl groups is 1. The molecule has 0 radical (unpaired) electrons. The van der Waals surface area contributed by atoms with Crippen LogP contribution in [-0.2, 0) is 42.2 Å². The van der Waals surface area contributed by atoms with Gasteiger partial charge in [-0.1, -0.05) is 182 Å². The van der Waals surface area contributed by atoms with E-state index in [1.807, 2.05) is 18.2 Å². The second-order valence-electron chi connectivity index (χ2n) is 16.9. The zero-order valence-corrected chi connectivity index (χ0v) is 43.4. The number of hydrogen-bond acceptors (Lipinski definition) is 10. The lowest BCUT2D eigenvalue weighted by Gasteiger charge is -2.21. The van der Waals surface area contributed by atoms with Crippen molar-refractivity contribution < 1.29 is 52.2 Å². The van der Waals surface area contributed by atoms with Gasteiger partial charge >= 0.3 is 25.7 Å². The lowest BCUT2D eigenvalue weighted by molar-refractivity contribution is -0.161. The summed E-state index contributed by atoms with van der Waals surface area (Å²) in [4.78, 5) is 48.3. The van der Waals surface area contributed by atoms with E-state index in [1.54, 1.807) is 0 Å². The van der Waals surface area contributed by atoms with Crippen LogP contribution in [0.25, 0.3) is 0 Å². The van der Waals surface area contributed by atoms with E-state index in [4.69, 9.17) is 23.3 Å². The highest BCUT2D eigenvalue weighted by molar-refractivity contribution is 7.47. The first-order valence-electron chi connectivity index (χ1n) is 26.1. The lowest BCUT2D eigenvalue weighted by atomic mass is 10.1. The Hall–Kier alpha value is -3.60. The number of rotatable bonds is 47. The number of carbonyl (C=O) groups excluding carboxylic acids is 3. The molecule has 0 aliphatic rings. The van der Waals surface area contributed by atoms with Crippen LogP contribution in [0.15, 0.2) is 97.2 Å². The standard InChI is InChI=1S/C56H93O11P/c1-4-7-10-13-16-19-22-24-25-26-27-29-32-35-38-41-44-47-56(60)67-53(49-63-54(58)45-42-39-36-33-30-21-18-15-12-9-6-3)51-65-68(61,62)64-50-52(48-57)66-55(59)46-43-40-37-34-31-28-23-20-17-14-11-8-5-2/h7-8,10-11,15-20,24-25,28,31,37,40,52-53,57H,4-6,9,12-14,21-23,26-27,29-30,32-36,38-39,41-51H2,1-3H3,(H,61,62)/b10-7-,11-8-,18-15-,19-16-,20-17-,25-24-,31-28-,40-37-. The van der Waals surface area contributed by atoms with E-state index in [0.717, 1.165) is 122 Å². The van der Waals surface area contributed by atoms with Gasteiger partial charge in [0.25, 0.3) is 0 Å². The summed E-state index contributed by atoms with van der Waals surface area (Å²) in [6.07, 6.45) is 56.8. The van der Waals surface area contributed by atoms with E-state index in [-0.39, 0.29) is 25.9 Å². The lowest BCUT2D eigenvalue weighted by Crippen LogP contribution is -2.30. The molecular formula is C56H93O11P.